The lowest BCUT2D eigenvalue weighted by atomic mass is 10.0. The Morgan fingerprint density at radius 3 is 2.83 bits per heavy atom. The Bertz CT molecular complexity index is 243. The van der Waals surface area contributed by atoms with Crippen LogP contribution in [0.1, 0.15) is 25.1 Å². The van der Waals surface area contributed by atoms with Crippen LogP contribution in [0, 0.1) is 5.92 Å². The van der Waals surface area contributed by atoms with Crippen molar-refractivity contribution in [3.8, 4) is 0 Å². The second-order valence-corrected chi connectivity index (χ2v) is 3.41. The molecule has 0 saturated heterocycles. The van der Waals surface area contributed by atoms with Gasteiger partial charge in [0.2, 0.25) is 0 Å². The molecule has 0 fully saturated rings. The number of nitrogens with two attached hydrogens (primary N) is 1. The van der Waals surface area contributed by atoms with Crippen molar-refractivity contribution in [3.63, 3.8) is 0 Å². The van der Waals surface area contributed by atoms with Crippen molar-refractivity contribution in [2.24, 2.45) is 11.7 Å². The minimum atomic E-state index is 0.545. The first-order valence-corrected chi connectivity index (χ1v) is 4.37. The molecule has 0 aromatic carbocycles. The van der Waals surface area contributed by atoms with Gasteiger partial charge in [0.15, 0.2) is 0 Å². The summed E-state index contributed by atoms with van der Waals surface area (Å²) in [6.07, 6.45) is 2.87. The summed E-state index contributed by atoms with van der Waals surface area (Å²) >= 11 is 0. The van der Waals surface area contributed by atoms with Crippen molar-refractivity contribution in [1.82, 2.24) is 4.98 Å². The van der Waals surface area contributed by atoms with Crippen molar-refractivity contribution < 1.29 is 0 Å². The number of nitrogens with zero attached hydrogens (tertiary/aromatic N) is 1. The smallest absolute Gasteiger partial charge is 0.0571 e. The summed E-state index contributed by atoms with van der Waals surface area (Å²) in [7, 11) is 0. The van der Waals surface area contributed by atoms with Gasteiger partial charge in [-0.15, -0.1) is 0 Å². The van der Waals surface area contributed by atoms with Crippen LogP contribution in [0.3, 0.4) is 0 Å². The van der Waals surface area contributed by atoms with Gasteiger partial charge in [0.1, 0.15) is 0 Å². The van der Waals surface area contributed by atoms with Crippen LogP contribution in [0.15, 0.2) is 18.3 Å². The average molecular weight is 164 g/mol. The molecular weight excluding hydrogens is 148 g/mol. The van der Waals surface area contributed by atoms with E-state index in [0.717, 1.165) is 12.1 Å². The Kier molecular flexibility index (Phi) is 3.23. The highest BCUT2D eigenvalue weighted by Gasteiger charge is 2.02. The van der Waals surface area contributed by atoms with Crippen LogP contribution in [0.4, 0.5) is 0 Å². The van der Waals surface area contributed by atoms with Crippen molar-refractivity contribution in [2.45, 2.75) is 26.8 Å². The highest BCUT2D eigenvalue weighted by atomic mass is 14.7. The zero-order valence-electron chi connectivity index (χ0n) is 7.75. The van der Waals surface area contributed by atoms with E-state index in [2.05, 4.69) is 24.9 Å². The fourth-order valence-electron chi connectivity index (χ4n) is 1.28. The van der Waals surface area contributed by atoms with E-state index in [-0.39, 0.29) is 0 Å². The van der Waals surface area contributed by atoms with Crippen molar-refractivity contribution in [2.75, 3.05) is 0 Å². The zero-order chi connectivity index (χ0) is 8.97. The SMILES string of the molecule is CC(C)Cc1cccnc1CN. The number of pyridine rings is 1. The van der Waals surface area contributed by atoms with Gasteiger partial charge in [-0.2, -0.15) is 0 Å². The van der Waals surface area contributed by atoms with E-state index in [9.17, 15) is 0 Å². The van der Waals surface area contributed by atoms with Crippen LogP contribution >= 0.6 is 0 Å². The molecule has 0 amide bonds. The van der Waals surface area contributed by atoms with Gasteiger partial charge in [0.05, 0.1) is 5.69 Å². The summed E-state index contributed by atoms with van der Waals surface area (Å²) in [5.41, 5.74) is 7.88. The van der Waals surface area contributed by atoms with E-state index in [4.69, 9.17) is 5.73 Å². The molecule has 1 heterocycles. The molecule has 1 aromatic heterocycles. The van der Waals surface area contributed by atoms with Gasteiger partial charge in [-0.1, -0.05) is 19.9 Å². The van der Waals surface area contributed by atoms with Gasteiger partial charge < -0.3 is 5.73 Å². The first kappa shape index (κ1) is 9.20. The topological polar surface area (TPSA) is 38.9 Å². The van der Waals surface area contributed by atoms with Crippen LogP contribution in [-0.2, 0) is 13.0 Å². The minimum Gasteiger partial charge on any atom is -0.325 e. The summed E-state index contributed by atoms with van der Waals surface area (Å²) in [5.74, 6) is 0.666. The van der Waals surface area contributed by atoms with Gasteiger partial charge in [0, 0.05) is 12.7 Å². The Labute approximate surface area is 73.8 Å². The van der Waals surface area contributed by atoms with E-state index in [1.807, 2.05) is 6.07 Å². The highest BCUT2D eigenvalue weighted by Crippen LogP contribution is 2.10. The van der Waals surface area contributed by atoms with Crippen LogP contribution in [0.5, 0.6) is 0 Å². The lowest BCUT2D eigenvalue weighted by Crippen LogP contribution is -2.06. The molecule has 0 bridgehead atoms. The molecule has 0 aliphatic rings. The molecule has 0 aliphatic heterocycles. The molecule has 0 atom stereocenters. The average Bonchev–Trinajstić information content (AvgIpc) is 2.04. The van der Waals surface area contributed by atoms with Crippen LogP contribution in [0.25, 0.3) is 0 Å². The molecule has 12 heavy (non-hydrogen) atoms. The molecule has 0 unspecified atom stereocenters. The molecule has 0 spiro atoms. The highest BCUT2D eigenvalue weighted by molar-refractivity contribution is 5.19. The Morgan fingerprint density at radius 2 is 2.25 bits per heavy atom. The van der Waals surface area contributed by atoms with Crippen LogP contribution in [-0.4, -0.2) is 4.98 Å². The first-order chi connectivity index (χ1) is 5.74. The third kappa shape index (κ3) is 2.31. The molecule has 1 aromatic rings. The number of rotatable bonds is 3. The second kappa shape index (κ2) is 4.21. The molecule has 1 rings (SSSR count). The van der Waals surface area contributed by atoms with E-state index in [1.165, 1.54) is 5.56 Å². The monoisotopic (exact) mass is 164 g/mol. The number of hydrogen-bond donors (Lipinski definition) is 1. The van der Waals surface area contributed by atoms with Gasteiger partial charge in [-0.25, -0.2) is 0 Å². The first-order valence-electron chi connectivity index (χ1n) is 4.37. The van der Waals surface area contributed by atoms with E-state index < -0.39 is 0 Å². The Balaban J connectivity index is 2.82. The molecule has 0 radical (unpaired) electrons. The van der Waals surface area contributed by atoms with E-state index in [0.29, 0.717) is 12.5 Å². The maximum atomic E-state index is 5.56. The normalized spacial score (nSPS) is 10.7. The lowest BCUT2D eigenvalue weighted by Gasteiger charge is -2.08. The summed E-state index contributed by atoms with van der Waals surface area (Å²) in [6, 6.07) is 4.08. The summed E-state index contributed by atoms with van der Waals surface area (Å²) < 4.78 is 0. The minimum absolute atomic E-state index is 0.545. The Morgan fingerprint density at radius 1 is 1.50 bits per heavy atom. The maximum absolute atomic E-state index is 5.56. The standard InChI is InChI=1S/C10H16N2/c1-8(2)6-9-4-3-5-12-10(9)7-11/h3-5,8H,6-7,11H2,1-2H3. The van der Waals surface area contributed by atoms with Crippen LogP contribution in [0.2, 0.25) is 0 Å². The van der Waals surface area contributed by atoms with Gasteiger partial charge in [-0.05, 0) is 24.0 Å². The summed E-state index contributed by atoms with van der Waals surface area (Å²) in [4.78, 5) is 4.23. The van der Waals surface area contributed by atoms with E-state index in [1.54, 1.807) is 6.20 Å². The molecule has 0 aliphatic carbocycles. The van der Waals surface area contributed by atoms with Gasteiger partial charge >= 0.3 is 0 Å². The molecule has 0 saturated carbocycles. The third-order valence-corrected chi connectivity index (χ3v) is 1.81. The fraction of sp³-hybridized carbons (Fsp3) is 0.500. The predicted octanol–water partition coefficient (Wildman–Crippen LogP) is 1.74. The second-order valence-electron chi connectivity index (χ2n) is 3.41. The summed E-state index contributed by atoms with van der Waals surface area (Å²) in [5, 5.41) is 0. The van der Waals surface area contributed by atoms with E-state index >= 15 is 0 Å². The molecular formula is C10H16N2. The Hall–Kier alpha value is -0.890. The van der Waals surface area contributed by atoms with Crippen molar-refractivity contribution in [1.29, 1.82) is 0 Å². The predicted molar refractivity (Wildman–Crippen MR) is 50.7 cm³/mol. The lowest BCUT2D eigenvalue weighted by molar-refractivity contribution is 0.639. The zero-order valence-corrected chi connectivity index (χ0v) is 7.75. The fourth-order valence-corrected chi connectivity index (χ4v) is 1.28. The molecule has 2 heteroatoms. The largest absolute Gasteiger partial charge is 0.325 e. The van der Waals surface area contributed by atoms with Crippen molar-refractivity contribution in [3.05, 3.63) is 29.6 Å². The van der Waals surface area contributed by atoms with Crippen molar-refractivity contribution >= 4 is 0 Å². The molecule has 2 N–H and O–H groups in total. The third-order valence-electron chi connectivity index (χ3n) is 1.81. The number of hydrogen-bond acceptors (Lipinski definition) is 2. The molecule has 2 nitrogen and oxygen atoms in total. The van der Waals surface area contributed by atoms with Gasteiger partial charge in [-0.3, -0.25) is 4.98 Å². The quantitative estimate of drug-likeness (QED) is 0.739. The van der Waals surface area contributed by atoms with Gasteiger partial charge in [0.25, 0.3) is 0 Å². The number of aromatic nitrogens is 1. The maximum Gasteiger partial charge on any atom is 0.0571 e. The van der Waals surface area contributed by atoms with Crippen LogP contribution < -0.4 is 5.73 Å². The molecule has 66 valence electrons. The summed E-state index contributed by atoms with van der Waals surface area (Å²) in [6.45, 7) is 4.95.